The predicted octanol–water partition coefficient (Wildman–Crippen LogP) is 2.63. The summed E-state index contributed by atoms with van der Waals surface area (Å²) in [6, 6.07) is 7.62. The van der Waals surface area contributed by atoms with Crippen LogP contribution in [0.1, 0.15) is 12.6 Å². The van der Waals surface area contributed by atoms with Gasteiger partial charge in [0.2, 0.25) is 0 Å². The molecule has 0 aliphatic heterocycles. The van der Waals surface area contributed by atoms with Gasteiger partial charge >= 0.3 is 0 Å². The van der Waals surface area contributed by atoms with E-state index in [1.165, 1.54) is 0 Å². The number of hydrogen-bond donors (Lipinski definition) is 1. The number of hydrogen-bond acceptors (Lipinski definition) is 3. The van der Waals surface area contributed by atoms with Crippen LogP contribution in [0, 0.1) is 0 Å². The van der Waals surface area contributed by atoms with Crippen molar-refractivity contribution < 1.29 is 9.84 Å². The normalized spacial score (nSPS) is 10.7. The Morgan fingerprint density at radius 3 is 2.50 bits per heavy atom. The fourth-order valence-electron chi connectivity index (χ4n) is 1.76. The molecule has 0 saturated heterocycles. The van der Waals surface area contributed by atoms with E-state index < -0.39 is 0 Å². The quantitative estimate of drug-likeness (QED) is 0.925. The molecule has 2 rings (SSSR count). The zero-order valence-corrected chi connectivity index (χ0v) is 11.1. The molecule has 4 nitrogen and oxygen atoms in total. The molecule has 0 spiro atoms. The zero-order chi connectivity index (χ0) is 13.1. The molecule has 0 bridgehead atoms. The average Bonchev–Trinajstić information content (AvgIpc) is 2.68. The Labute approximate surface area is 111 Å². The lowest BCUT2D eigenvalue weighted by atomic mass is 10.2. The highest BCUT2D eigenvalue weighted by molar-refractivity contribution is 6.30. The van der Waals surface area contributed by atoms with Gasteiger partial charge in [0, 0.05) is 12.6 Å². The largest absolute Gasteiger partial charge is 0.494 e. The lowest BCUT2D eigenvalue weighted by Gasteiger charge is -2.05. The number of ether oxygens (including phenoxy) is 1. The van der Waals surface area contributed by atoms with E-state index in [4.69, 9.17) is 21.4 Å². The first kappa shape index (κ1) is 12.9. The van der Waals surface area contributed by atoms with E-state index in [-0.39, 0.29) is 6.61 Å². The molecule has 1 aromatic heterocycles. The maximum absolute atomic E-state index is 9.14. The fraction of sp³-hybridized carbons (Fsp3) is 0.308. The van der Waals surface area contributed by atoms with Crippen LogP contribution in [-0.2, 0) is 13.7 Å². The van der Waals surface area contributed by atoms with Crippen LogP contribution < -0.4 is 4.74 Å². The van der Waals surface area contributed by atoms with Gasteiger partial charge in [-0.15, -0.1) is 0 Å². The highest BCUT2D eigenvalue weighted by atomic mass is 35.5. The standard InChI is InChI=1S/C13H15ClN2O2/c1-3-18-10-6-4-9(5-7-10)13-15-11(8-17)12(14)16(13)2/h4-7,17H,3,8H2,1-2H3. The lowest BCUT2D eigenvalue weighted by Crippen LogP contribution is -1.94. The van der Waals surface area contributed by atoms with Gasteiger partial charge in [-0.05, 0) is 31.2 Å². The molecular weight excluding hydrogens is 252 g/mol. The Morgan fingerprint density at radius 1 is 1.33 bits per heavy atom. The van der Waals surface area contributed by atoms with E-state index in [9.17, 15) is 0 Å². The van der Waals surface area contributed by atoms with Crippen molar-refractivity contribution in [1.82, 2.24) is 9.55 Å². The minimum atomic E-state index is -0.163. The van der Waals surface area contributed by atoms with E-state index in [2.05, 4.69) is 4.98 Å². The summed E-state index contributed by atoms with van der Waals surface area (Å²) in [5.41, 5.74) is 1.42. The Balaban J connectivity index is 2.36. The monoisotopic (exact) mass is 266 g/mol. The molecule has 0 unspecified atom stereocenters. The van der Waals surface area contributed by atoms with Crippen LogP contribution in [0.2, 0.25) is 5.15 Å². The lowest BCUT2D eigenvalue weighted by molar-refractivity contribution is 0.277. The van der Waals surface area contributed by atoms with E-state index in [0.29, 0.717) is 17.5 Å². The summed E-state index contributed by atoms with van der Waals surface area (Å²) in [6.45, 7) is 2.42. The molecule has 5 heteroatoms. The van der Waals surface area contributed by atoms with E-state index >= 15 is 0 Å². The highest BCUT2D eigenvalue weighted by Crippen LogP contribution is 2.26. The Hall–Kier alpha value is -1.52. The number of nitrogens with zero attached hydrogens (tertiary/aromatic N) is 2. The molecule has 96 valence electrons. The minimum absolute atomic E-state index is 0.163. The summed E-state index contributed by atoms with van der Waals surface area (Å²) in [5.74, 6) is 1.55. The van der Waals surface area contributed by atoms with Crippen molar-refractivity contribution in [3.05, 3.63) is 35.1 Å². The van der Waals surface area contributed by atoms with Crippen molar-refractivity contribution >= 4 is 11.6 Å². The fourth-order valence-corrected chi connectivity index (χ4v) is 1.94. The minimum Gasteiger partial charge on any atom is -0.494 e. The van der Waals surface area contributed by atoms with Crippen molar-refractivity contribution in [2.45, 2.75) is 13.5 Å². The summed E-state index contributed by atoms with van der Waals surface area (Å²) in [7, 11) is 1.82. The van der Waals surface area contributed by atoms with Crippen LogP contribution in [0.15, 0.2) is 24.3 Å². The number of aliphatic hydroxyl groups excluding tert-OH is 1. The number of rotatable bonds is 4. The molecule has 0 saturated carbocycles. The number of benzene rings is 1. The van der Waals surface area contributed by atoms with Crippen molar-refractivity contribution in [3.63, 3.8) is 0 Å². The van der Waals surface area contributed by atoms with Crippen molar-refractivity contribution in [2.24, 2.45) is 7.05 Å². The van der Waals surface area contributed by atoms with Gasteiger partial charge in [0.1, 0.15) is 22.4 Å². The summed E-state index contributed by atoms with van der Waals surface area (Å²) in [6.07, 6.45) is 0. The smallest absolute Gasteiger partial charge is 0.141 e. The number of aliphatic hydroxyl groups is 1. The Kier molecular flexibility index (Phi) is 3.89. The van der Waals surface area contributed by atoms with E-state index in [0.717, 1.165) is 17.1 Å². The third kappa shape index (κ3) is 2.35. The second-order valence-corrected chi connectivity index (χ2v) is 4.21. The number of halogens is 1. The van der Waals surface area contributed by atoms with Gasteiger partial charge in [-0.2, -0.15) is 0 Å². The third-order valence-electron chi connectivity index (χ3n) is 2.66. The topological polar surface area (TPSA) is 47.3 Å². The first-order chi connectivity index (χ1) is 8.67. The molecule has 0 fully saturated rings. The zero-order valence-electron chi connectivity index (χ0n) is 10.4. The van der Waals surface area contributed by atoms with Crippen molar-refractivity contribution in [1.29, 1.82) is 0 Å². The van der Waals surface area contributed by atoms with Gasteiger partial charge in [-0.1, -0.05) is 11.6 Å². The molecule has 0 aliphatic carbocycles. The van der Waals surface area contributed by atoms with Crippen molar-refractivity contribution in [2.75, 3.05) is 6.61 Å². The second-order valence-electron chi connectivity index (χ2n) is 3.85. The molecule has 2 aromatic rings. The van der Waals surface area contributed by atoms with Crippen LogP contribution in [0.5, 0.6) is 5.75 Å². The maximum Gasteiger partial charge on any atom is 0.141 e. The van der Waals surface area contributed by atoms with Gasteiger partial charge in [-0.3, -0.25) is 0 Å². The molecule has 1 N–H and O–H groups in total. The van der Waals surface area contributed by atoms with Gasteiger partial charge in [-0.25, -0.2) is 4.98 Å². The van der Waals surface area contributed by atoms with Gasteiger partial charge < -0.3 is 14.4 Å². The summed E-state index contributed by atoms with van der Waals surface area (Å²) >= 11 is 6.06. The summed E-state index contributed by atoms with van der Waals surface area (Å²) < 4.78 is 7.14. The first-order valence-electron chi connectivity index (χ1n) is 5.72. The molecule has 0 amide bonds. The Morgan fingerprint density at radius 2 is 2.00 bits per heavy atom. The predicted molar refractivity (Wildman–Crippen MR) is 70.7 cm³/mol. The summed E-state index contributed by atoms with van der Waals surface area (Å²) in [5, 5.41) is 9.60. The highest BCUT2D eigenvalue weighted by Gasteiger charge is 2.13. The van der Waals surface area contributed by atoms with Gasteiger partial charge in [0.05, 0.1) is 13.2 Å². The van der Waals surface area contributed by atoms with E-state index in [1.807, 2.05) is 38.2 Å². The molecule has 0 radical (unpaired) electrons. The molecule has 1 aromatic carbocycles. The second kappa shape index (κ2) is 5.42. The molecule has 18 heavy (non-hydrogen) atoms. The average molecular weight is 267 g/mol. The van der Waals surface area contributed by atoms with Crippen LogP contribution in [0.3, 0.4) is 0 Å². The number of imidazole rings is 1. The molecule has 0 atom stereocenters. The van der Waals surface area contributed by atoms with Crippen LogP contribution in [0.4, 0.5) is 0 Å². The maximum atomic E-state index is 9.14. The van der Waals surface area contributed by atoms with Crippen LogP contribution >= 0.6 is 11.6 Å². The number of aromatic nitrogens is 2. The molecular formula is C13H15ClN2O2. The van der Waals surface area contributed by atoms with Crippen LogP contribution in [-0.4, -0.2) is 21.3 Å². The van der Waals surface area contributed by atoms with Crippen molar-refractivity contribution in [3.8, 4) is 17.1 Å². The van der Waals surface area contributed by atoms with E-state index in [1.54, 1.807) is 4.57 Å². The van der Waals surface area contributed by atoms with Crippen LogP contribution in [0.25, 0.3) is 11.4 Å². The third-order valence-corrected chi connectivity index (χ3v) is 3.14. The van der Waals surface area contributed by atoms with Gasteiger partial charge in [0.15, 0.2) is 0 Å². The molecule has 1 heterocycles. The first-order valence-corrected chi connectivity index (χ1v) is 6.10. The molecule has 0 aliphatic rings. The summed E-state index contributed by atoms with van der Waals surface area (Å²) in [4.78, 5) is 4.31. The Bertz CT molecular complexity index is 535. The van der Waals surface area contributed by atoms with Gasteiger partial charge in [0.25, 0.3) is 0 Å². The SMILES string of the molecule is CCOc1ccc(-c2nc(CO)c(Cl)n2C)cc1.